The smallest absolute Gasteiger partial charge is 0.230 e. The second-order valence-electron chi connectivity index (χ2n) is 5.22. The van der Waals surface area contributed by atoms with Crippen molar-refractivity contribution in [1.29, 1.82) is 0 Å². The van der Waals surface area contributed by atoms with Crippen LogP contribution in [0.3, 0.4) is 0 Å². The fraction of sp³-hybridized carbons (Fsp3) is 0.176. The van der Waals surface area contributed by atoms with E-state index in [1.165, 1.54) is 24.5 Å². The van der Waals surface area contributed by atoms with Gasteiger partial charge in [-0.3, -0.25) is 4.79 Å². The lowest BCUT2D eigenvalue weighted by atomic mass is 10.1. The molecule has 0 fully saturated rings. The molecule has 0 spiro atoms. The number of phenolic OH excluding ortho intramolecular Hbond substituents is 1. The molecule has 2 N–H and O–H groups in total. The number of carbonyl (C=O) groups excluding carboxylic acids is 1. The third-order valence-electron chi connectivity index (χ3n) is 3.40. The average molecular weight is 328 g/mol. The number of nitrogens with zero attached hydrogens (tertiary/aromatic N) is 1. The maximum Gasteiger partial charge on any atom is 0.230 e. The van der Waals surface area contributed by atoms with Crippen molar-refractivity contribution < 1.29 is 14.6 Å². The van der Waals surface area contributed by atoms with E-state index in [-0.39, 0.29) is 18.1 Å². The number of rotatable bonds is 4. The Hall–Kier alpha value is -2.60. The number of benzene rings is 2. The number of anilines is 1. The third-order valence-corrected chi connectivity index (χ3v) is 4.33. The van der Waals surface area contributed by atoms with Crippen molar-refractivity contribution >= 4 is 32.6 Å². The van der Waals surface area contributed by atoms with Gasteiger partial charge in [-0.2, -0.15) is 0 Å². The van der Waals surface area contributed by atoms with E-state index in [9.17, 15) is 9.90 Å². The molecule has 0 radical (unpaired) electrons. The first kappa shape index (κ1) is 15.3. The van der Waals surface area contributed by atoms with Crippen LogP contribution in [-0.4, -0.2) is 23.1 Å². The van der Waals surface area contributed by atoms with Crippen LogP contribution in [0.25, 0.3) is 10.2 Å². The molecular formula is C17H16N2O3S. The fourth-order valence-corrected chi connectivity index (χ4v) is 3.25. The number of ether oxygens (including phenoxy) is 1. The van der Waals surface area contributed by atoms with Crippen molar-refractivity contribution in [3.63, 3.8) is 0 Å². The molecule has 0 unspecified atom stereocenters. The lowest BCUT2D eigenvalue weighted by Crippen LogP contribution is -2.14. The van der Waals surface area contributed by atoms with E-state index in [4.69, 9.17) is 4.74 Å². The molecule has 23 heavy (non-hydrogen) atoms. The first-order valence-corrected chi connectivity index (χ1v) is 7.90. The molecule has 0 saturated heterocycles. The highest BCUT2D eigenvalue weighted by atomic mass is 32.1. The van der Waals surface area contributed by atoms with Crippen molar-refractivity contribution in [1.82, 2.24) is 4.98 Å². The highest BCUT2D eigenvalue weighted by molar-refractivity contribution is 7.22. The number of methoxy groups -OCH3 is 1. The summed E-state index contributed by atoms with van der Waals surface area (Å²) in [6.45, 7) is 2.02. The van der Waals surface area contributed by atoms with Crippen molar-refractivity contribution in [3.8, 4) is 11.5 Å². The molecule has 3 rings (SSSR count). The number of aryl methyl sites for hydroxylation is 1. The van der Waals surface area contributed by atoms with Crippen LogP contribution in [0.1, 0.15) is 11.1 Å². The van der Waals surface area contributed by atoms with Gasteiger partial charge in [0.15, 0.2) is 16.6 Å². The molecule has 0 aliphatic rings. The summed E-state index contributed by atoms with van der Waals surface area (Å²) in [5.74, 6) is 0.248. The molecular weight excluding hydrogens is 312 g/mol. The minimum Gasteiger partial charge on any atom is -0.504 e. The number of nitrogens with one attached hydrogen (secondary N) is 1. The molecule has 0 atom stereocenters. The maximum atomic E-state index is 12.2. The van der Waals surface area contributed by atoms with Crippen molar-refractivity contribution in [2.45, 2.75) is 13.3 Å². The molecule has 0 aliphatic heterocycles. The average Bonchev–Trinajstić information content (AvgIpc) is 2.90. The van der Waals surface area contributed by atoms with E-state index in [2.05, 4.69) is 10.3 Å². The normalized spacial score (nSPS) is 10.7. The summed E-state index contributed by atoms with van der Waals surface area (Å²) in [5, 5.41) is 13.0. The van der Waals surface area contributed by atoms with E-state index in [1.807, 2.05) is 25.1 Å². The number of fused-ring (bicyclic) bond motifs is 1. The molecule has 0 bridgehead atoms. The summed E-state index contributed by atoms with van der Waals surface area (Å²) in [5.41, 5.74) is 2.80. The van der Waals surface area contributed by atoms with E-state index < -0.39 is 0 Å². The molecule has 1 amide bonds. The van der Waals surface area contributed by atoms with Gasteiger partial charge in [-0.25, -0.2) is 4.98 Å². The van der Waals surface area contributed by atoms with Crippen LogP contribution < -0.4 is 10.1 Å². The predicted molar refractivity (Wildman–Crippen MR) is 91.3 cm³/mol. The minimum absolute atomic E-state index is 0.0539. The number of aromatic nitrogens is 1. The molecule has 2 aromatic carbocycles. The number of amides is 1. The van der Waals surface area contributed by atoms with Crippen LogP contribution in [0.15, 0.2) is 36.4 Å². The zero-order valence-electron chi connectivity index (χ0n) is 12.8. The number of carbonyl (C=O) groups is 1. The summed E-state index contributed by atoms with van der Waals surface area (Å²) in [6.07, 6.45) is 0.186. The zero-order chi connectivity index (χ0) is 16.4. The second kappa shape index (κ2) is 6.26. The van der Waals surface area contributed by atoms with Crippen molar-refractivity contribution in [2.24, 2.45) is 0 Å². The van der Waals surface area contributed by atoms with Crippen LogP contribution in [0.5, 0.6) is 11.5 Å². The summed E-state index contributed by atoms with van der Waals surface area (Å²) in [6, 6.07) is 10.9. The van der Waals surface area contributed by atoms with Crippen molar-refractivity contribution in [2.75, 3.05) is 12.4 Å². The largest absolute Gasteiger partial charge is 0.504 e. The van der Waals surface area contributed by atoms with Gasteiger partial charge >= 0.3 is 0 Å². The standard InChI is InChI=1S/C17H16N2O3S/c1-10-3-5-12-15(7-10)23-17(18-12)19-16(21)9-11-4-6-13(20)14(8-11)22-2/h3-8,20H,9H2,1-2H3,(H,18,19,21). The summed E-state index contributed by atoms with van der Waals surface area (Å²) in [4.78, 5) is 16.6. The Bertz CT molecular complexity index is 873. The highest BCUT2D eigenvalue weighted by Gasteiger charge is 2.10. The molecule has 0 saturated carbocycles. The Labute approximate surface area is 137 Å². The van der Waals surface area contributed by atoms with Crippen LogP contribution in [0, 0.1) is 6.92 Å². The Kier molecular flexibility index (Phi) is 4.16. The molecule has 6 heteroatoms. The van der Waals surface area contributed by atoms with Gasteiger partial charge in [0, 0.05) is 0 Å². The SMILES string of the molecule is COc1cc(CC(=O)Nc2nc3ccc(C)cc3s2)ccc1O. The van der Waals surface area contributed by atoms with Gasteiger partial charge < -0.3 is 15.2 Å². The van der Waals surface area contributed by atoms with Crippen molar-refractivity contribution in [3.05, 3.63) is 47.5 Å². The van der Waals surface area contributed by atoms with E-state index in [0.717, 1.165) is 21.3 Å². The molecule has 0 aliphatic carbocycles. The van der Waals surface area contributed by atoms with Gasteiger partial charge in [0.1, 0.15) is 0 Å². The van der Waals surface area contributed by atoms with Crippen LogP contribution >= 0.6 is 11.3 Å². The van der Waals surface area contributed by atoms with E-state index in [0.29, 0.717) is 10.9 Å². The Morgan fingerprint density at radius 2 is 2.13 bits per heavy atom. The third kappa shape index (κ3) is 3.43. The quantitative estimate of drug-likeness (QED) is 0.769. The Morgan fingerprint density at radius 1 is 1.30 bits per heavy atom. The minimum atomic E-state index is -0.159. The Morgan fingerprint density at radius 3 is 2.91 bits per heavy atom. The van der Waals surface area contributed by atoms with Crippen LogP contribution in [-0.2, 0) is 11.2 Å². The van der Waals surface area contributed by atoms with Gasteiger partial charge in [-0.15, -0.1) is 0 Å². The van der Waals surface area contributed by atoms with Gasteiger partial charge in [0.2, 0.25) is 5.91 Å². The molecule has 118 valence electrons. The Balaban J connectivity index is 1.73. The lowest BCUT2D eigenvalue weighted by molar-refractivity contribution is -0.115. The molecule has 3 aromatic rings. The molecule has 1 heterocycles. The van der Waals surface area contributed by atoms with Crippen LogP contribution in [0.2, 0.25) is 0 Å². The predicted octanol–water partition coefficient (Wildman–Crippen LogP) is 3.50. The first-order valence-electron chi connectivity index (χ1n) is 7.08. The summed E-state index contributed by atoms with van der Waals surface area (Å²) in [7, 11) is 1.47. The second-order valence-corrected chi connectivity index (χ2v) is 6.25. The summed E-state index contributed by atoms with van der Waals surface area (Å²) < 4.78 is 6.09. The number of phenols is 1. The highest BCUT2D eigenvalue weighted by Crippen LogP contribution is 2.28. The lowest BCUT2D eigenvalue weighted by Gasteiger charge is -2.06. The van der Waals surface area contributed by atoms with E-state index >= 15 is 0 Å². The first-order chi connectivity index (χ1) is 11.0. The fourth-order valence-electron chi connectivity index (χ4n) is 2.27. The number of hydrogen-bond acceptors (Lipinski definition) is 5. The van der Waals surface area contributed by atoms with Gasteiger partial charge in [-0.05, 0) is 42.3 Å². The zero-order valence-corrected chi connectivity index (χ0v) is 13.6. The van der Waals surface area contributed by atoms with Gasteiger partial charge in [0.25, 0.3) is 0 Å². The monoisotopic (exact) mass is 328 g/mol. The number of thiazole rings is 1. The van der Waals surface area contributed by atoms with Gasteiger partial charge in [0.05, 0.1) is 23.7 Å². The van der Waals surface area contributed by atoms with Crippen LogP contribution in [0.4, 0.5) is 5.13 Å². The maximum absolute atomic E-state index is 12.2. The number of hydrogen-bond donors (Lipinski definition) is 2. The van der Waals surface area contributed by atoms with Gasteiger partial charge in [-0.1, -0.05) is 23.5 Å². The van der Waals surface area contributed by atoms with E-state index in [1.54, 1.807) is 12.1 Å². The number of aromatic hydroxyl groups is 1. The topological polar surface area (TPSA) is 71.5 Å². The molecule has 1 aromatic heterocycles. The molecule has 5 nitrogen and oxygen atoms in total. The summed E-state index contributed by atoms with van der Waals surface area (Å²) >= 11 is 1.45.